The van der Waals surface area contributed by atoms with Gasteiger partial charge >= 0.3 is 11.7 Å². The Morgan fingerprint density at radius 2 is 2.08 bits per heavy atom. The first-order chi connectivity index (χ1) is 11.4. The second-order valence-electron chi connectivity index (χ2n) is 4.91. The minimum Gasteiger partial charge on any atom is -0.465 e. The third kappa shape index (κ3) is 2.46. The molecule has 0 radical (unpaired) electrons. The molecule has 3 aromatic heterocycles. The zero-order valence-corrected chi connectivity index (χ0v) is 13.9. The summed E-state index contributed by atoms with van der Waals surface area (Å²) in [5.41, 5.74) is -0.439. The normalized spacial score (nSPS) is 11.9. The number of nitrogens with zero attached hydrogens (tertiary/aromatic N) is 4. The van der Waals surface area contributed by atoms with Crippen LogP contribution in [0.5, 0.6) is 0 Å². The molecule has 24 heavy (non-hydrogen) atoms. The van der Waals surface area contributed by atoms with Crippen LogP contribution in [-0.2, 0) is 23.6 Å². The van der Waals surface area contributed by atoms with E-state index in [2.05, 4.69) is 15.0 Å². The number of H-pyrrole nitrogens is 1. The second kappa shape index (κ2) is 5.89. The molecule has 3 rings (SSSR count). The van der Waals surface area contributed by atoms with Crippen molar-refractivity contribution in [2.45, 2.75) is 0 Å². The molecule has 0 amide bonds. The molecule has 0 aliphatic carbocycles. The van der Waals surface area contributed by atoms with Gasteiger partial charge in [0.05, 0.1) is 12.7 Å². The molecular formula is C14H13N5O4S. The number of thiazole rings is 1. The monoisotopic (exact) mass is 347 g/mol. The molecule has 1 N–H and O–H groups in total. The van der Waals surface area contributed by atoms with E-state index in [-0.39, 0.29) is 16.7 Å². The molecule has 0 atom stereocenters. The number of hydrogen-bond donors (Lipinski definition) is 1. The Balaban J connectivity index is 2.29. The first-order valence-electron chi connectivity index (χ1n) is 6.79. The maximum absolute atomic E-state index is 12.0. The number of aromatic nitrogens is 5. The number of ether oxygens (including phenoxy) is 1. The van der Waals surface area contributed by atoms with Gasteiger partial charge in [0, 0.05) is 25.7 Å². The summed E-state index contributed by atoms with van der Waals surface area (Å²) in [5, 5.41) is 2.20. The third-order valence-corrected chi connectivity index (χ3v) is 4.32. The average molecular weight is 347 g/mol. The van der Waals surface area contributed by atoms with Crippen molar-refractivity contribution in [2.75, 3.05) is 7.11 Å². The van der Waals surface area contributed by atoms with Crippen molar-refractivity contribution in [2.24, 2.45) is 14.1 Å². The number of imidazole rings is 1. The zero-order chi connectivity index (χ0) is 17.4. The highest BCUT2D eigenvalue weighted by Gasteiger charge is 2.19. The number of methoxy groups -OCH3 is 1. The minimum atomic E-state index is -0.570. The minimum absolute atomic E-state index is 0.215. The fourth-order valence-corrected chi connectivity index (χ4v) is 2.90. The van der Waals surface area contributed by atoms with E-state index in [0.717, 1.165) is 0 Å². The van der Waals surface area contributed by atoms with Gasteiger partial charge in [0.1, 0.15) is 10.8 Å². The highest BCUT2D eigenvalue weighted by Crippen LogP contribution is 2.22. The standard InChI is InChI=1S/C14H13N5O4S/c1-18-8(6-7(13(21)23-3)12-15-4-5-24-12)16-10-9(18)11(20)17-14(22)19(10)2/h4-6H,1-3H3,(H,17,20,22)/b7-6+. The Kier molecular flexibility index (Phi) is 3.89. The molecule has 0 aromatic carbocycles. The Bertz CT molecular complexity index is 1070. The van der Waals surface area contributed by atoms with Crippen molar-refractivity contribution in [1.82, 2.24) is 24.1 Å². The SMILES string of the molecule is COC(=O)/C(=C/c1nc2c(c(=O)[nH]c(=O)n2C)n1C)c1nccs1. The Hall–Kier alpha value is -3.01. The molecule has 0 saturated heterocycles. The topological polar surface area (TPSA) is 112 Å². The van der Waals surface area contributed by atoms with Crippen LogP contribution in [0, 0.1) is 0 Å². The highest BCUT2D eigenvalue weighted by molar-refractivity contribution is 7.11. The maximum atomic E-state index is 12.0. The van der Waals surface area contributed by atoms with E-state index in [9.17, 15) is 14.4 Å². The van der Waals surface area contributed by atoms with Crippen molar-refractivity contribution in [3.63, 3.8) is 0 Å². The molecule has 0 spiro atoms. The summed E-state index contributed by atoms with van der Waals surface area (Å²) in [6.07, 6.45) is 3.05. The molecule has 10 heteroatoms. The van der Waals surface area contributed by atoms with Gasteiger partial charge in [0.2, 0.25) is 0 Å². The van der Waals surface area contributed by atoms with E-state index in [1.807, 2.05) is 0 Å². The van der Waals surface area contributed by atoms with Gasteiger partial charge < -0.3 is 9.30 Å². The van der Waals surface area contributed by atoms with Gasteiger partial charge in [0.15, 0.2) is 11.2 Å². The van der Waals surface area contributed by atoms with E-state index < -0.39 is 17.2 Å². The van der Waals surface area contributed by atoms with Crippen LogP contribution in [0.4, 0.5) is 0 Å². The molecule has 124 valence electrons. The van der Waals surface area contributed by atoms with Crippen molar-refractivity contribution >= 4 is 40.1 Å². The Morgan fingerprint density at radius 3 is 2.71 bits per heavy atom. The van der Waals surface area contributed by atoms with E-state index >= 15 is 0 Å². The van der Waals surface area contributed by atoms with E-state index in [1.54, 1.807) is 18.6 Å². The van der Waals surface area contributed by atoms with Gasteiger partial charge in [-0.05, 0) is 6.08 Å². The number of fused-ring (bicyclic) bond motifs is 1. The number of carbonyl (C=O) groups excluding carboxylic acids is 1. The summed E-state index contributed by atoms with van der Waals surface area (Å²) in [6, 6.07) is 0. The van der Waals surface area contributed by atoms with E-state index in [1.165, 1.54) is 40.7 Å². The van der Waals surface area contributed by atoms with E-state index in [4.69, 9.17) is 4.74 Å². The smallest absolute Gasteiger partial charge is 0.341 e. The lowest BCUT2D eigenvalue weighted by Crippen LogP contribution is -2.29. The number of carbonyl (C=O) groups is 1. The Labute approximate surface area is 138 Å². The van der Waals surface area contributed by atoms with E-state index in [0.29, 0.717) is 10.8 Å². The lowest BCUT2D eigenvalue weighted by molar-refractivity contribution is -0.133. The highest BCUT2D eigenvalue weighted by atomic mass is 32.1. The first kappa shape index (κ1) is 15.9. The largest absolute Gasteiger partial charge is 0.465 e. The van der Waals surface area contributed by atoms with Crippen molar-refractivity contribution in [1.29, 1.82) is 0 Å². The summed E-state index contributed by atoms with van der Waals surface area (Å²) in [4.78, 5) is 46.4. The molecule has 0 bridgehead atoms. The van der Waals surface area contributed by atoms with Crippen LogP contribution in [0.3, 0.4) is 0 Å². The number of rotatable bonds is 3. The molecule has 0 saturated carbocycles. The zero-order valence-electron chi connectivity index (χ0n) is 13.1. The molecule has 9 nitrogen and oxygen atoms in total. The summed E-state index contributed by atoms with van der Waals surface area (Å²) in [6.45, 7) is 0. The summed E-state index contributed by atoms with van der Waals surface area (Å²) < 4.78 is 7.52. The Morgan fingerprint density at radius 1 is 1.33 bits per heavy atom. The summed E-state index contributed by atoms with van der Waals surface area (Å²) >= 11 is 1.28. The summed E-state index contributed by atoms with van der Waals surface area (Å²) in [7, 11) is 4.40. The lowest BCUT2D eigenvalue weighted by atomic mass is 10.2. The van der Waals surface area contributed by atoms with Crippen LogP contribution in [0.1, 0.15) is 10.8 Å². The van der Waals surface area contributed by atoms with Crippen LogP contribution in [-0.4, -0.2) is 37.2 Å². The van der Waals surface area contributed by atoms with Crippen LogP contribution in [0.2, 0.25) is 0 Å². The first-order valence-corrected chi connectivity index (χ1v) is 7.67. The van der Waals surface area contributed by atoms with Gasteiger partial charge in [-0.15, -0.1) is 11.3 Å². The average Bonchev–Trinajstić information content (AvgIpc) is 3.18. The van der Waals surface area contributed by atoms with Crippen molar-refractivity contribution in [3.05, 3.63) is 43.2 Å². The molecule has 0 aliphatic heterocycles. The van der Waals surface area contributed by atoms with Gasteiger partial charge in [-0.2, -0.15) is 0 Å². The summed E-state index contributed by atoms with van der Waals surface area (Å²) in [5.74, 6) is -0.243. The van der Waals surface area contributed by atoms with Gasteiger partial charge in [-0.25, -0.2) is 19.6 Å². The van der Waals surface area contributed by atoms with Crippen molar-refractivity contribution < 1.29 is 9.53 Å². The number of aryl methyl sites for hydroxylation is 2. The molecule has 3 heterocycles. The number of hydrogen-bond acceptors (Lipinski definition) is 7. The van der Waals surface area contributed by atoms with Gasteiger partial charge in [-0.3, -0.25) is 14.3 Å². The maximum Gasteiger partial charge on any atom is 0.341 e. The quantitative estimate of drug-likeness (QED) is 0.532. The molecule has 0 aliphatic rings. The number of nitrogens with one attached hydrogen (secondary N) is 1. The predicted molar refractivity (Wildman–Crippen MR) is 88.6 cm³/mol. The molecular weight excluding hydrogens is 334 g/mol. The van der Waals surface area contributed by atoms with Gasteiger partial charge in [0.25, 0.3) is 5.56 Å². The second-order valence-corrected chi connectivity index (χ2v) is 5.80. The van der Waals surface area contributed by atoms with Crippen LogP contribution in [0.15, 0.2) is 21.2 Å². The van der Waals surface area contributed by atoms with Crippen LogP contribution < -0.4 is 11.2 Å². The number of aromatic amines is 1. The third-order valence-electron chi connectivity index (χ3n) is 3.51. The molecule has 0 unspecified atom stereocenters. The fraction of sp³-hybridized carbons (Fsp3) is 0.214. The fourth-order valence-electron chi connectivity index (χ4n) is 2.26. The molecule has 0 fully saturated rings. The van der Waals surface area contributed by atoms with Crippen LogP contribution in [0.25, 0.3) is 22.8 Å². The molecule has 3 aromatic rings. The van der Waals surface area contributed by atoms with Crippen LogP contribution >= 0.6 is 11.3 Å². The predicted octanol–water partition coefficient (Wildman–Crippen LogP) is 0.130. The lowest BCUT2D eigenvalue weighted by Gasteiger charge is -2.02. The number of esters is 1. The van der Waals surface area contributed by atoms with Gasteiger partial charge in [-0.1, -0.05) is 0 Å². The van der Waals surface area contributed by atoms with Crippen molar-refractivity contribution in [3.8, 4) is 0 Å².